The van der Waals surface area contributed by atoms with Crippen LogP contribution in [0, 0.1) is 11.7 Å². The lowest BCUT2D eigenvalue weighted by molar-refractivity contribution is -0.122. The number of aromatic nitrogens is 2. The monoisotopic (exact) mass is 313 g/mol. The second kappa shape index (κ2) is 6.77. The number of hydrogen-bond acceptors (Lipinski definition) is 2. The lowest BCUT2D eigenvalue weighted by Gasteiger charge is -2.20. The van der Waals surface area contributed by atoms with Gasteiger partial charge in [-0.25, -0.2) is 9.37 Å². The number of rotatable bonds is 5. The van der Waals surface area contributed by atoms with Gasteiger partial charge in [-0.05, 0) is 36.5 Å². The zero-order valence-corrected chi connectivity index (χ0v) is 13.1. The summed E-state index contributed by atoms with van der Waals surface area (Å²) in [4.78, 5) is 16.7. The summed E-state index contributed by atoms with van der Waals surface area (Å²) in [6.45, 7) is 0. The van der Waals surface area contributed by atoms with Crippen LogP contribution in [0.2, 0.25) is 0 Å². The normalized spacial score (nSPS) is 18.1. The Balaban J connectivity index is 1.82. The van der Waals surface area contributed by atoms with Gasteiger partial charge in [0, 0.05) is 25.9 Å². The van der Waals surface area contributed by atoms with Crippen LogP contribution in [0.25, 0.3) is 0 Å². The molecule has 0 fully saturated rings. The van der Waals surface area contributed by atoms with E-state index in [-0.39, 0.29) is 11.7 Å². The fourth-order valence-electron chi connectivity index (χ4n) is 2.96. The van der Waals surface area contributed by atoms with Gasteiger partial charge in [0.2, 0.25) is 5.91 Å². The van der Waals surface area contributed by atoms with Crippen LogP contribution in [0.4, 0.5) is 4.39 Å². The Bertz CT molecular complexity index is 723. The second-order valence-corrected chi connectivity index (χ2v) is 5.92. The van der Waals surface area contributed by atoms with Crippen molar-refractivity contribution >= 4 is 5.91 Å². The molecule has 0 saturated heterocycles. The Morgan fingerprint density at radius 2 is 2.39 bits per heavy atom. The molecule has 0 saturated carbocycles. The van der Waals surface area contributed by atoms with Crippen molar-refractivity contribution in [1.29, 1.82) is 0 Å². The standard InChI is InChI=1S/C18H20FN3O/c1-22-10-9-20-18(22)17(14-7-4-8-15(19)12-14)21-16(23)11-13-5-2-3-6-13/h2,4-5,7-10,12-13,17H,3,6,11H2,1H3,(H,21,23)/t13-,17-/m1/s1. The molecule has 0 bridgehead atoms. The largest absolute Gasteiger partial charge is 0.342 e. The average molecular weight is 313 g/mol. The van der Waals surface area contributed by atoms with Gasteiger partial charge in [-0.1, -0.05) is 24.3 Å². The Kier molecular flexibility index (Phi) is 4.55. The maximum Gasteiger partial charge on any atom is 0.221 e. The molecule has 4 nitrogen and oxygen atoms in total. The van der Waals surface area contributed by atoms with Crippen molar-refractivity contribution in [2.45, 2.75) is 25.3 Å². The zero-order valence-electron chi connectivity index (χ0n) is 13.1. The maximum absolute atomic E-state index is 13.6. The molecule has 1 aliphatic rings. The van der Waals surface area contributed by atoms with Gasteiger partial charge in [-0.2, -0.15) is 0 Å². The minimum atomic E-state index is -0.455. The van der Waals surface area contributed by atoms with Crippen LogP contribution >= 0.6 is 0 Å². The Morgan fingerprint density at radius 1 is 1.52 bits per heavy atom. The van der Waals surface area contributed by atoms with E-state index in [1.807, 2.05) is 17.8 Å². The molecule has 1 N–H and O–H groups in total. The first kappa shape index (κ1) is 15.5. The fourth-order valence-corrected chi connectivity index (χ4v) is 2.96. The van der Waals surface area contributed by atoms with Crippen molar-refractivity contribution in [2.24, 2.45) is 13.0 Å². The van der Waals surface area contributed by atoms with Crippen molar-refractivity contribution in [1.82, 2.24) is 14.9 Å². The number of carbonyl (C=O) groups excluding carboxylic acids is 1. The first-order valence-corrected chi connectivity index (χ1v) is 7.82. The molecule has 3 rings (SSSR count). The summed E-state index contributed by atoms with van der Waals surface area (Å²) >= 11 is 0. The van der Waals surface area contributed by atoms with Crippen molar-refractivity contribution in [3.8, 4) is 0 Å². The summed E-state index contributed by atoms with van der Waals surface area (Å²) in [6, 6.07) is 5.83. The number of benzene rings is 1. The fraction of sp³-hybridized carbons (Fsp3) is 0.333. The number of hydrogen-bond donors (Lipinski definition) is 1. The minimum Gasteiger partial charge on any atom is -0.342 e. The van der Waals surface area contributed by atoms with Crippen LogP contribution in [0.15, 0.2) is 48.8 Å². The molecule has 0 radical (unpaired) electrons. The molecule has 5 heteroatoms. The lowest BCUT2D eigenvalue weighted by Crippen LogP contribution is -2.32. The smallest absolute Gasteiger partial charge is 0.221 e. The van der Waals surface area contributed by atoms with E-state index in [2.05, 4.69) is 22.5 Å². The number of allylic oxidation sites excluding steroid dienone is 2. The molecule has 2 atom stereocenters. The molecule has 0 spiro atoms. The average Bonchev–Trinajstić information content (AvgIpc) is 3.16. The second-order valence-electron chi connectivity index (χ2n) is 5.92. The summed E-state index contributed by atoms with van der Waals surface area (Å²) in [6.07, 6.45) is 10.2. The summed E-state index contributed by atoms with van der Waals surface area (Å²) in [5, 5.41) is 3.01. The van der Waals surface area contributed by atoms with E-state index < -0.39 is 6.04 Å². The van der Waals surface area contributed by atoms with Gasteiger partial charge in [0.05, 0.1) is 0 Å². The van der Waals surface area contributed by atoms with E-state index in [4.69, 9.17) is 0 Å². The van der Waals surface area contributed by atoms with Crippen LogP contribution in [0.3, 0.4) is 0 Å². The van der Waals surface area contributed by atoms with Crippen LogP contribution in [-0.4, -0.2) is 15.5 Å². The van der Waals surface area contributed by atoms with Gasteiger partial charge >= 0.3 is 0 Å². The van der Waals surface area contributed by atoms with E-state index in [9.17, 15) is 9.18 Å². The predicted octanol–water partition coefficient (Wildman–Crippen LogP) is 3.12. The molecular formula is C18H20FN3O. The molecular weight excluding hydrogens is 293 g/mol. The van der Waals surface area contributed by atoms with Crippen LogP contribution in [0.1, 0.15) is 36.7 Å². The summed E-state index contributed by atoms with van der Waals surface area (Å²) in [5.74, 6) is 0.615. The van der Waals surface area contributed by atoms with Crippen molar-refractivity contribution in [2.75, 3.05) is 0 Å². The predicted molar refractivity (Wildman–Crippen MR) is 86.1 cm³/mol. The third-order valence-electron chi connectivity index (χ3n) is 4.16. The quantitative estimate of drug-likeness (QED) is 0.862. The highest BCUT2D eigenvalue weighted by Crippen LogP contribution is 2.24. The summed E-state index contributed by atoms with van der Waals surface area (Å²) < 4.78 is 15.4. The molecule has 1 aromatic carbocycles. The lowest BCUT2D eigenvalue weighted by atomic mass is 10.0. The molecule has 1 heterocycles. The van der Waals surface area contributed by atoms with Crippen LogP contribution < -0.4 is 5.32 Å². The third kappa shape index (κ3) is 3.67. The van der Waals surface area contributed by atoms with E-state index in [1.165, 1.54) is 12.1 Å². The first-order chi connectivity index (χ1) is 11.1. The minimum absolute atomic E-state index is 0.0428. The van der Waals surface area contributed by atoms with Gasteiger partial charge in [-0.3, -0.25) is 4.79 Å². The number of aryl methyl sites for hydroxylation is 1. The zero-order chi connectivity index (χ0) is 16.2. The van der Waals surface area contributed by atoms with Crippen molar-refractivity contribution < 1.29 is 9.18 Å². The Labute approximate surface area is 135 Å². The van der Waals surface area contributed by atoms with E-state index in [1.54, 1.807) is 18.3 Å². The highest BCUT2D eigenvalue weighted by atomic mass is 19.1. The maximum atomic E-state index is 13.6. The van der Waals surface area contributed by atoms with E-state index in [0.717, 1.165) is 12.8 Å². The number of carbonyl (C=O) groups is 1. The summed E-state index contributed by atoms with van der Waals surface area (Å²) in [5.41, 5.74) is 0.689. The molecule has 1 aromatic heterocycles. The number of nitrogens with zero attached hydrogens (tertiary/aromatic N) is 2. The molecule has 1 aliphatic carbocycles. The van der Waals surface area contributed by atoms with Gasteiger partial charge in [0.1, 0.15) is 17.7 Å². The summed E-state index contributed by atoms with van der Waals surface area (Å²) in [7, 11) is 1.86. The number of imidazole rings is 1. The molecule has 1 amide bonds. The van der Waals surface area contributed by atoms with Gasteiger partial charge in [0.25, 0.3) is 0 Å². The van der Waals surface area contributed by atoms with Crippen LogP contribution in [0.5, 0.6) is 0 Å². The SMILES string of the molecule is Cn1ccnc1[C@H](NC(=O)C[C@@H]1C=CCC1)c1cccc(F)c1. The van der Waals surface area contributed by atoms with Crippen LogP contribution in [-0.2, 0) is 11.8 Å². The van der Waals surface area contributed by atoms with E-state index in [0.29, 0.717) is 23.7 Å². The van der Waals surface area contributed by atoms with Crippen molar-refractivity contribution in [3.63, 3.8) is 0 Å². The molecule has 23 heavy (non-hydrogen) atoms. The molecule has 120 valence electrons. The van der Waals surface area contributed by atoms with Crippen molar-refractivity contribution in [3.05, 3.63) is 66.0 Å². The van der Waals surface area contributed by atoms with Gasteiger partial charge < -0.3 is 9.88 Å². The van der Waals surface area contributed by atoms with E-state index >= 15 is 0 Å². The number of amides is 1. The Hall–Kier alpha value is -2.43. The third-order valence-corrected chi connectivity index (χ3v) is 4.16. The molecule has 2 aromatic rings. The Morgan fingerprint density at radius 3 is 3.04 bits per heavy atom. The topological polar surface area (TPSA) is 46.9 Å². The van der Waals surface area contributed by atoms with Gasteiger partial charge in [0.15, 0.2) is 0 Å². The molecule has 0 unspecified atom stereocenters. The highest BCUT2D eigenvalue weighted by molar-refractivity contribution is 5.77. The first-order valence-electron chi connectivity index (χ1n) is 7.82. The number of halogens is 1. The molecule has 0 aliphatic heterocycles. The highest BCUT2D eigenvalue weighted by Gasteiger charge is 2.23. The van der Waals surface area contributed by atoms with Gasteiger partial charge in [-0.15, -0.1) is 0 Å². The number of nitrogens with one attached hydrogen (secondary N) is 1.